The fourth-order valence-electron chi connectivity index (χ4n) is 2.82. The van der Waals surface area contributed by atoms with Gasteiger partial charge < -0.3 is 11.1 Å². The van der Waals surface area contributed by atoms with Gasteiger partial charge >= 0.3 is 0 Å². The Bertz CT molecular complexity index is 508. The number of nitrogens with one attached hydrogen (secondary N) is 1. The third-order valence-corrected chi connectivity index (χ3v) is 4.72. The molecule has 1 aromatic rings. The molecule has 2 rings (SSSR count). The molecule has 1 heterocycles. The van der Waals surface area contributed by atoms with E-state index in [1.54, 1.807) is 0 Å². The maximum Gasteiger partial charge on any atom is 0.224 e. The van der Waals surface area contributed by atoms with E-state index in [1.165, 1.54) is 12.8 Å². The van der Waals surface area contributed by atoms with E-state index >= 15 is 0 Å². The van der Waals surface area contributed by atoms with E-state index in [4.69, 9.17) is 17.3 Å². The lowest BCUT2D eigenvalue weighted by Gasteiger charge is -2.29. The maximum atomic E-state index is 12.2. The van der Waals surface area contributed by atoms with Crippen molar-refractivity contribution < 1.29 is 4.79 Å². The number of carbonyl (C=O) groups is 1. The first-order valence-electron chi connectivity index (χ1n) is 8.02. The van der Waals surface area contributed by atoms with Crippen LogP contribution < -0.4 is 11.1 Å². The van der Waals surface area contributed by atoms with Gasteiger partial charge in [-0.3, -0.25) is 9.69 Å². The Morgan fingerprint density at radius 2 is 1.92 bits per heavy atom. The van der Waals surface area contributed by atoms with Crippen LogP contribution in [0.2, 0.25) is 5.02 Å². The summed E-state index contributed by atoms with van der Waals surface area (Å²) in [5.41, 5.74) is 6.96. The second-order valence-electron chi connectivity index (χ2n) is 6.21. The number of nitrogens with zero attached hydrogens (tertiary/aromatic N) is 1. The second-order valence-corrected chi connectivity index (χ2v) is 6.64. The van der Waals surface area contributed by atoms with Gasteiger partial charge in [0.15, 0.2) is 0 Å². The molecule has 0 bridgehead atoms. The van der Waals surface area contributed by atoms with Crippen LogP contribution in [0.5, 0.6) is 0 Å². The molecule has 0 radical (unpaired) electrons. The van der Waals surface area contributed by atoms with E-state index < -0.39 is 0 Å². The molecule has 1 fully saturated rings. The van der Waals surface area contributed by atoms with Crippen LogP contribution in [-0.2, 0) is 4.79 Å². The van der Waals surface area contributed by atoms with Crippen molar-refractivity contribution in [1.29, 1.82) is 0 Å². The average molecular weight is 397 g/mol. The fraction of sp³-hybridized carbons (Fsp3) is 0.588. The molecule has 3 atom stereocenters. The summed E-state index contributed by atoms with van der Waals surface area (Å²) in [5.74, 6) is -0.167. The van der Waals surface area contributed by atoms with Crippen molar-refractivity contribution in [2.24, 2.45) is 11.7 Å². The van der Waals surface area contributed by atoms with Gasteiger partial charge in [-0.05, 0) is 50.6 Å². The highest BCUT2D eigenvalue weighted by Gasteiger charge is 2.25. The van der Waals surface area contributed by atoms with E-state index in [1.807, 2.05) is 32.0 Å². The summed E-state index contributed by atoms with van der Waals surface area (Å²) in [5, 5.41) is 3.79. The van der Waals surface area contributed by atoms with E-state index in [9.17, 15) is 4.79 Å². The number of halogens is 3. The van der Waals surface area contributed by atoms with Crippen LogP contribution in [0.3, 0.4) is 0 Å². The molecule has 24 heavy (non-hydrogen) atoms. The summed E-state index contributed by atoms with van der Waals surface area (Å²) in [6, 6.07) is 7.94. The van der Waals surface area contributed by atoms with Crippen molar-refractivity contribution in [3.8, 4) is 0 Å². The van der Waals surface area contributed by atoms with Gasteiger partial charge in [0.2, 0.25) is 5.91 Å². The lowest BCUT2D eigenvalue weighted by atomic mass is 10.0. The summed E-state index contributed by atoms with van der Waals surface area (Å²) < 4.78 is 0. The largest absolute Gasteiger partial charge is 0.354 e. The number of nitrogens with two attached hydrogens (primary N) is 1. The lowest BCUT2D eigenvalue weighted by Crippen LogP contribution is -2.42. The minimum atomic E-state index is -0.182. The van der Waals surface area contributed by atoms with Crippen molar-refractivity contribution in [1.82, 2.24) is 10.2 Å². The number of benzene rings is 1. The molecule has 1 aliphatic rings. The van der Waals surface area contributed by atoms with Crippen LogP contribution in [-0.4, -0.2) is 36.5 Å². The van der Waals surface area contributed by atoms with E-state index in [0.717, 1.165) is 23.7 Å². The van der Waals surface area contributed by atoms with Crippen LogP contribution in [0.15, 0.2) is 24.3 Å². The van der Waals surface area contributed by atoms with Gasteiger partial charge in [0.1, 0.15) is 0 Å². The van der Waals surface area contributed by atoms with Crippen molar-refractivity contribution >= 4 is 42.3 Å². The molecule has 1 aliphatic heterocycles. The number of carbonyl (C=O) groups excluding carboxylic acids is 1. The quantitative estimate of drug-likeness (QED) is 0.774. The molecule has 0 aromatic heterocycles. The summed E-state index contributed by atoms with van der Waals surface area (Å²) >= 11 is 6.13. The Hall–Kier alpha value is -0.520. The van der Waals surface area contributed by atoms with Gasteiger partial charge in [0.25, 0.3) is 0 Å². The van der Waals surface area contributed by atoms with Gasteiger partial charge in [0.05, 0.1) is 6.04 Å². The third kappa shape index (κ3) is 6.41. The van der Waals surface area contributed by atoms with Gasteiger partial charge in [-0.1, -0.05) is 30.7 Å². The standard InChI is InChI=1S/C17H26ClN3O.2ClH/c1-12(13(2)19)17(22)20-11-16(21-8-3-4-9-21)14-6-5-7-15(18)10-14;;/h5-7,10,12-13,16H,3-4,8-9,11,19H2,1-2H3,(H,20,22);2*1H. The maximum absolute atomic E-state index is 12.2. The van der Waals surface area contributed by atoms with Crippen LogP contribution in [0, 0.1) is 5.92 Å². The minimum Gasteiger partial charge on any atom is -0.354 e. The zero-order valence-electron chi connectivity index (χ0n) is 14.2. The van der Waals surface area contributed by atoms with Gasteiger partial charge in [-0.25, -0.2) is 0 Å². The highest BCUT2D eigenvalue weighted by molar-refractivity contribution is 6.30. The number of hydrogen-bond donors (Lipinski definition) is 2. The molecule has 4 nitrogen and oxygen atoms in total. The highest BCUT2D eigenvalue weighted by Crippen LogP contribution is 2.26. The number of amides is 1. The Labute approximate surface area is 162 Å². The Morgan fingerprint density at radius 1 is 1.29 bits per heavy atom. The lowest BCUT2D eigenvalue weighted by molar-refractivity contribution is -0.125. The molecule has 0 spiro atoms. The molecular weight excluding hydrogens is 369 g/mol. The summed E-state index contributed by atoms with van der Waals surface area (Å²) in [6.07, 6.45) is 2.42. The van der Waals surface area contributed by atoms with Crippen molar-refractivity contribution in [2.45, 2.75) is 38.8 Å². The van der Waals surface area contributed by atoms with Crippen LogP contribution in [0.4, 0.5) is 0 Å². The first-order valence-corrected chi connectivity index (χ1v) is 8.39. The van der Waals surface area contributed by atoms with Crippen LogP contribution in [0.25, 0.3) is 0 Å². The smallest absolute Gasteiger partial charge is 0.224 e. The Kier molecular flexibility index (Phi) is 10.9. The van der Waals surface area contributed by atoms with E-state index in [0.29, 0.717) is 6.54 Å². The van der Waals surface area contributed by atoms with Gasteiger partial charge in [-0.2, -0.15) is 0 Å². The molecular formula is C17H28Cl3N3O. The fourth-order valence-corrected chi connectivity index (χ4v) is 3.02. The molecule has 1 amide bonds. The normalized spacial score (nSPS) is 18.0. The molecule has 7 heteroatoms. The number of likely N-dealkylation sites (tertiary alicyclic amines) is 1. The van der Waals surface area contributed by atoms with Crippen molar-refractivity contribution in [2.75, 3.05) is 19.6 Å². The molecule has 3 N–H and O–H groups in total. The first kappa shape index (κ1) is 23.5. The summed E-state index contributed by atoms with van der Waals surface area (Å²) in [7, 11) is 0. The SMILES string of the molecule is CC(N)C(C)C(=O)NCC(c1cccc(Cl)c1)N1CCCC1.Cl.Cl. The Balaban J connectivity index is 0.00000264. The van der Waals surface area contributed by atoms with Crippen molar-refractivity contribution in [3.05, 3.63) is 34.9 Å². The zero-order valence-corrected chi connectivity index (χ0v) is 16.6. The summed E-state index contributed by atoms with van der Waals surface area (Å²) in [6.45, 7) is 6.45. The minimum absolute atomic E-state index is 0. The molecule has 0 saturated carbocycles. The number of rotatable bonds is 6. The van der Waals surface area contributed by atoms with Crippen molar-refractivity contribution in [3.63, 3.8) is 0 Å². The molecule has 1 aromatic carbocycles. The molecule has 138 valence electrons. The molecule has 0 aliphatic carbocycles. The average Bonchev–Trinajstić information content (AvgIpc) is 3.00. The van der Waals surface area contributed by atoms with Crippen LogP contribution >= 0.6 is 36.4 Å². The Morgan fingerprint density at radius 3 is 2.46 bits per heavy atom. The predicted octanol–water partition coefficient (Wildman–Crippen LogP) is 3.42. The van der Waals surface area contributed by atoms with Gasteiger partial charge in [-0.15, -0.1) is 24.8 Å². The molecule has 3 unspecified atom stereocenters. The third-order valence-electron chi connectivity index (χ3n) is 4.49. The van der Waals surface area contributed by atoms with E-state index in [-0.39, 0.29) is 48.7 Å². The second kappa shape index (κ2) is 11.2. The summed E-state index contributed by atoms with van der Waals surface area (Å²) in [4.78, 5) is 14.6. The van der Waals surface area contributed by atoms with E-state index in [2.05, 4.69) is 16.3 Å². The first-order chi connectivity index (χ1) is 10.5. The molecule has 1 saturated heterocycles. The topological polar surface area (TPSA) is 58.4 Å². The highest BCUT2D eigenvalue weighted by atomic mass is 35.5. The zero-order chi connectivity index (χ0) is 16.1. The monoisotopic (exact) mass is 395 g/mol. The predicted molar refractivity (Wildman–Crippen MR) is 105 cm³/mol. The van der Waals surface area contributed by atoms with Crippen LogP contribution in [0.1, 0.15) is 38.3 Å². The van der Waals surface area contributed by atoms with Gasteiger partial charge in [0, 0.05) is 23.5 Å². The number of hydrogen-bond acceptors (Lipinski definition) is 3.